The molecule has 1 saturated heterocycles. The van der Waals surface area contributed by atoms with Crippen molar-refractivity contribution in [3.63, 3.8) is 0 Å². The third kappa shape index (κ3) is 1.54. The number of nitrogens with one attached hydrogen (secondary N) is 1. The van der Waals surface area contributed by atoms with Gasteiger partial charge in [-0.05, 0) is 31.7 Å². The van der Waals surface area contributed by atoms with Gasteiger partial charge in [0.05, 0.1) is 6.04 Å². The molecule has 0 radical (unpaired) electrons. The second-order valence-corrected chi connectivity index (χ2v) is 5.22. The SMILES string of the molecule is CNC1CCCN(C2CC2(C)C)C1=O. The number of hydrogen-bond acceptors (Lipinski definition) is 2. The summed E-state index contributed by atoms with van der Waals surface area (Å²) in [6, 6.07) is 0.575. The molecule has 1 aliphatic heterocycles. The maximum absolute atomic E-state index is 12.0. The van der Waals surface area contributed by atoms with Crippen molar-refractivity contribution in [3.8, 4) is 0 Å². The Kier molecular flexibility index (Phi) is 2.30. The van der Waals surface area contributed by atoms with Crippen LogP contribution < -0.4 is 5.32 Å². The Labute approximate surface area is 85.8 Å². The highest BCUT2D eigenvalue weighted by molar-refractivity contribution is 5.83. The van der Waals surface area contributed by atoms with Crippen LogP contribution in [0, 0.1) is 5.41 Å². The third-order valence-corrected chi connectivity index (χ3v) is 3.66. The summed E-state index contributed by atoms with van der Waals surface area (Å²) in [5.74, 6) is 0.314. The van der Waals surface area contributed by atoms with E-state index in [2.05, 4.69) is 24.1 Å². The van der Waals surface area contributed by atoms with Gasteiger partial charge in [-0.15, -0.1) is 0 Å². The van der Waals surface area contributed by atoms with Crippen molar-refractivity contribution >= 4 is 5.91 Å². The van der Waals surface area contributed by atoms with Crippen molar-refractivity contribution in [2.45, 2.75) is 45.2 Å². The molecule has 0 aromatic rings. The number of likely N-dealkylation sites (N-methyl/N-ethyl adjacent to an activating group) is 1. The Balaban J connectivity index is 2.02. The van der Waals surface area contributed by atoms with Gasteiger partial charge >= 0.3 is 0 Å². The zero-order chi connectivity index (χ0) is 10.3. The maximum Gasteiger partial charge on any atom is 0.239 e. The Bertz CT molecular complexity index is 250. The summed E-state index contributed by atoms with van der Waals surface area (Å²) in [6.45, 7) is 5.45. The lowest BCUT2D eigenvalue weighted by molar-refractivity contribution is -0.136. The molecule has 0 aromatic carbocycles. The minimum Gasteiger partial charge on any atom is -0.338 e. The van der Waals surface area contributed by atoms with Crippen molar-refractivity contribution in [2.24, 2.45) is 5.41 Å². The second-order valence-electron chi connectivity index (χ2n) is 5.22. The number of nitrogens with zero attached hydrogens (tertiary/aromatic N) is 1. The predicted octanol–water partition coefficient (Wildman–Crippen LogP) is 0.995. The highest BCUT2D eigenvalue weighted by atomic mass is 16.2. The van der Waals surface area contributed by atoms with E-state index in [-0.39, 0.29) is 6.04 Å². The molecule has 80 valence electrons. The zero-order valence-electron chi connectivity index (χ0n) is 9.34. The van der Waals surface area contributed by atoms with Crippen LogP contribution in [-0.4, -0.2) is 36.5 Å². The summed E-state index contributed by atoms with van der Waals surface area (Å²) < 4.78 is 0. The van der Waals surface area contributed by atoms with E-state index in [0.717, 1.165) is 19.4 Å². The van der Waals surface area contributed by atoms with Crippen molar-refractivity contribution < 1.29 is 4.79 Å². The number of piperidine rings is 1. The van der Waals surface area contributed by atoms with Crippen LogP contribution >= 0.6 is 0 Å². The lowest BCUT2D eigenvalue weighted by Gasteiger charge is -2.33. The molecule has 0 bridgehead atoms. The number of hydrogen-bond donors (Lipinski definition) is 1. The Morgan fingerprint density at radius 2 is 2.14 bits per heavy atom. The van der Waals surface area contributed by atoms with E-state index in [1.54, 1.807) is 0 Å². The molecule has 2 unspecified atom stereocenters. The molecule has 14 heavy (non-hydrogen) atoms. The summed E-state index contributed by atoms with van der Waals surface area (Å²) >= 11 is 0. The molecule has 2 aliphatic rings. The fourth-order valence-electron chi connectivity index (χ4n) is 2.45. The predicted molar refractivity (Wildman–Crippen MR) is 56.0 cm³/mol. The number of likely N-dealkylation sites (tertiary alicyclic amines) is 1. The molecule has 0 spiro atoms. The molecule has 1 aliphatic carbocycles. The second kappa shape index (κ2) is 3.23. The largest absolute Gasteiger partial charge is 0.338 e. The lowest BCUT2D eigenvalue weighted by Crippen LogP contribution is -2.51. The molecule has 3 heteroatoms. The fourth-order valence-corrected chi connectivity index (χ4v) is 2.45. The van der Waals surface area contributed by atoms with Crippen molar-refractivity contribution in [3.05, 3.63) is 0 Å². The molecule has 2 atom stereocenters. The maximum atomic E-state index is 12.0. The summed E-state index contributed by atoms with van der Waals surface area (Å²) in [7, 11) is 1.88. The number of amides is 1. The lowest BCUT2D eigenvalue weighted by atomic mass is 10.0. The molecular weight excluding hydrogens is 176 g/mol. The molecule has 1 saturated carbocycles. The van der Waals surface area contributed by atoms with Crippen LogP contribution in [0.1, 0.15) is 33.1 Å². The first-order valence-corrected chi connectivity index (χ1v) is 5.54. The topological polar surface area (TPSA) is 32.3 Å². The summed E-state index contributed by atoms with van der Waals surface area (Å²) in [5, 5.41) is 3.10. The van der Waals surface area contributed by atoms with Gasteiger partial charge in [-0.1, -0.05) is 13.8 Å². The molecule has 2 rings (SSSR count). The van der Waals surface area contributed by atoms with Crippen molar-refractivity contribution in [1.82, 2.24) is 10.2 Å². The van der Waals surface area contributed by atoms with Gasteiger partial charge in [0.25, 0.3) is 0 Å². The van der Waals surface area contributed by atoms with E-state index in [0.29, 0.717) is 17.4 Å². The van der Waals surface area contributed by atoms with Crippen molar-refractivity contribution in [1.29, 1.82) is 0 Å². The minimum absolute atomic E-state index is 0.0696. The standard InChI is InChI=1S/C11H20N2O/c1-11(2)7-9(11)13-6-4-5-8(12-3)10(13)14/h8-9,12H,4-7H2,1-3H3. The first-order chi connectivity index (χ1) is 6.56. The highest BCUT2D eigenvalue weighted by Gasteiger charge is 2.52. The zero-order valence-corrected chi connectivity index (χ0v) is 9.34. The van der Waals surface area contributed by atoms with Crippen LogP contribution in [-0.2, 0) is 4.79 Å². The van der Waals surface area contributed by atoms with Gasteiger partial charge in [0, 0.05) is 12.6 Å². The highest BCUT2D eigenvalue weighted by Crippen LogP contribution is 2.49. The van der Waals surface area contributed by atoms with Gasteiger partial charge in [0.15, 0.2) is 0 Å². The molecule has 1 heterocycles. The molecule has 1 amide bonds. The van der Waals surface area contributed by atoms with Crippen LogP contribution in [0.4, 0.5) is 0 Å². The Morgan fingerprint density at radius 1 is 1.50 bits per heavy atom. The number of rotatable bonds is 2. The summed E-state index contributed by atoms with van der Waals surface area (Å²) in [4.78, 5) is 14.1. The first kappa shape index (κ1) is 9.97. The van der Waals surface area contributed by atoms with Gasteiger partial charge < -0.3 is 10.2 Å². The van der Waals surface area contributed by atoms with E-state index in [9.17, 15) is 4.79 Å². The fraction of sp³-hybridized carbons (Fsp3) is 0.909. The smallest absolute Gasteiger partial charge is 0.239 e. The molecular formula is C11H20N2O. The number of carbonyl (C=O) groups excluding carboxylic acids is 1. The van der Waals surface area contributed by atoms with Gasteiger partial charge in [-0.2, -0.15) is 0 Å². The van der Waals surface area contributed by atoms with E-state index in [4.69, 9.17) is 0 Å². The molecule has 3 nitrogen and oxygen atoms in total. The van der Waals surface area contributed by atoms with E-state index < -0.39 is 0 Å². The molecule has 2 fully saturated rings. The Hall–Kier alpha value is -0.570. The van der Waals surface area contributed by atoms with Crippen LogP contribution in [0.15, 0.2) is 0 Å². The average molecular weight is 196 g/mol. The van der Waals surface area contributed by atoms with Crippen LogP contribution in [0.3, 0.4) is 0 Å². The van der Waals surface area contributed by atoms with E-state index >= 15 is 0 Å². The van der Waals surface area contributed by atoms with Crippen molar-refractivity contribution in [2.75, 3.05) is 13.6 Å². The Morgan fingerprint density at radius 3 is 2.64 bits per heavy atom. The molecule has 1 N–H and O–H groups in total. The van der Waals surface area contributed by atoms with Gasteiger partial charge in [-0.3, -0.25) is 4.79 Å². The van der Waals surface area contributed by atoms with Gasteiger partial charge in [0.2, 0.25) is 5.91 Å². The van der Waals surface area contributed by atoms with Crippen LogP contribution in [0.25, 0.3) is 0 Å². The average Bonchev–Trinajstić information content (AvgIpc) is 2.75. The van der Waals surface area contributed by atoms with E-state index in [1.165, 1.54) is 6.42 Å². The van der Waals surface area contributed by atoms with Gasteiger partial charge in [0.1, 0.15) is 0 Å². The minimum atomic E-state index is 0.0696. The van der Waals surface area contributed by atoms with Crippen LogP contribution in [0.2, 0.25) is 0 Å². The normalized spacial score (nSPS) is 35.9. The van der Waals surface area contributed by atoms with Gasteiger partial charge in [-0.25, -0.2) is 0 Å². The molecule has 0 aromatic heterocycles. The monoisotopic (exact) mass is 196 g/mol. The third-order valence-electron chi connectivity index (χ3n) is 3.66. The quantitative estimate of drug-likeness (QED) is 0.714. The van der Waals surface area contributed by atoms with E-state index in [1.807, 2.05) is 7.05 Å². The van der Waals surface area contributed by atoms with Crippen LogP contribution in [0.5, 0.6) is 0 Å². The summed E-state index contributed by atoms with van der Waals surface area (Å²) in [5.41, 5.74) is 0.366. The summed E-state index contributed by atoms with van der Waals surface area (Å²) in [6.07, 6.45) is 3.32. The first-order valence-electron chi connectivity index (χ1n) is 5.54. The number of carbonyl (C=O) groups is 1.